The average molecular weight is 951 g/mol. The van der Waals surface area contributed by atoms with Crippen LogP contribution in [-0.2, 0) is 28.6 Å². The highest BCUT2D eigenvalue weighted by Crippen LogP contribution is 2.13. The van der Waals surface area contributed by atoms with Crippen LogP contribution in [0.3, 0.4) is 0 Å². The van der Waals surface area contributed by atoms with E-state index in [0.29, 0.717) is 12.8 Å². The smallest absolute Gasteiger partial charge is 0.306 e. The van der Waals surface area contributed by atoms with Crippen molar-refractivity contribution >= 4 is 17.9 Å². The zero-order valence-corrected chi connectivity index (χ0v) is 44.0. The quantitative estimate of drug-likeness (QED) is 0.0262. The molecule has 0 amide bonds. The van der Waals surface area contributed by atoms with E-state index in [1.165, 1.54) is 25.7 Å². The van der Waals surface area contributed by atoms with Gasteiger partial charge in [-0.2, -0.15) is 0 Å². The maximum atomic E-state index is 12.8. The van der Waals surface area contributed by atoms with Gasteiger partial charge in [0.1, 0.15) is 13.2 Å². The summed E-state index contributed by atoms with van der Waals surface area (Å²) in [5.41, 5.74) is 0. The fraction of sp³-hybridized carbons (Fsp3) is 0.571. The Hall–Kier alpha value is -4.71. The van der Waals surface area contributed by atoms with E-state index in [9.17, 15) is 14.4 Å². The molecule has 0 saturated heterocycles. The molecular weight excluding hydrogens is 853 g/mol. The van der Waals surface area contributed by atoms with Crippen LogP contribution < -0.4 is 0 Å². The number of carbonyl (C=O) groups is 3. The van der Waals surface area contributed by atoms with Crippen molar-refractivity contribution in [3.05, 3.63) is 146 Å². The second-order valence-electron chi connectivity index (χ2n) is 17.3. The Labute approximate surface area is 423 Å². The molecule has 0 aliphatic heterocycles. The lowest BCUT2D eigenvalue weighted by Crippen LogP contribution is -2.30. The summed E-state index contributed by atoms with van der Waals surface area (Å²) in [6, 6.07) is 0. The minimum absolute atomic E-state index is 0.117. The van der Waals surface area contributed by atoms with E-state index in [4.69, 9.17) is 14.2 Å². The van der Waals surface area contributed by atoms with Crippen LogP contribution in [-0.4, -0.2) is 37.2 Å². The highest BCUT2D eigenvalue weighted by molar-refractivity contribution is 5.71. The van der Waals surface area contributed by atoms with Crippen LogP contribution in [0.2, 0.25) is 0 Å². The van der Waals surface area contributed by atoms with Gasteiger partial charge >= 0.3 is 17.9 Å². The standard InChI is InChI=1S/C63H98O6/c1-4-7-10-13-16-19-22-25-28-31-34-37-40-43-46-49-52-55-61(64)67-58-60(69-63(66)57-54-51-48-45-42-39-36-33-30-27-24-21-18-15-12-9-6-3)59-68-62(65)56-53-50-47-44-41-38-35-32-29-26-23-20-17-14-11-8-5-2/h7-12,16-21,25-30,34,36-37,39,43,46,60H,4-6,13-15,22-24,31-33,35,38,40-42,44-45,47-59H2,1-3H3/b10-7-,11-8-,12-9-,19-16-,20-17-,21-18-,28-25-,29-26-,30-27-,37-34-,39-36-,46-43-. The van der Waals surface area contributed by atoms with Gasteiger partial charge in [0.25, 0.3) is 0 Å². The largest absolute Gasteiger partial charge is 0.462 e. The molecule has 6 nitrogen and oxygen atoms in total. The average Bonchev–Trinajstić information content (AvgIpc) is 3.35. The van der Waals surface area contributed by atoms with Crippen molar-refractivity contribution < 1.29 is 28.6 Å². The lowest BCUT2D eigenvalue weighted by molar-refractivity contribution is -0.167. The van der Waals surface area contributed by atoms with E-state index >= 15 is 0 Å². The molecule has 6 heteroatoms. The molecule has 0 spiro atoms. The molecule has 0 bridgehead atoms. The fourth-order valence-corrected chi connectivity index (χ4v) is 6.83. The van der Waals surface area contributed by atoms with Crippen LogP contribution in [0.4, 0.5) is 0 Å². The van der Waals surface area contributed by atoms with Gasteiger partial charge in [0.2, 0.25) is 0 Å². The van der Waals surface area contributed by atoms with Gasteiger partial charge in [-0.15, -0.1) is 0 Å². The lowest BCUT2D eigenvalue weighted by atomic mass is 10.1. The van der Waals surface area contributed by atoms with Crippen molar-refractivity contribution in [2.75, 3.05) is 13.2 Å². The topological polar surface area (TPSA) is 78.9 Å². The number of esters is 3. The molecule has 0 aromatic carbocycles. The first-order valence-electron chi connectivity index (χ1n) is 27.3. The molecule has 0 fully saturated rings. The molecule has 0 radical (unpaired) electrons. The Morgan fingerprint density at radius 1 is 0.290 bits per heavy atom. The Morgan fingerprint density at radius 2 is 0.536 bits per heavy atom. The Balaban J connectivity index is 4.57. The number of ether oxygens (including phenoxy) is 3. The molecule has 1 unspecified atom stereocenters. The number of allylic oxidation sites excluding steroid dienone is 24. The monoisotopic (exact) mass is 951 g/mol. The predicted octanol–water partition coefficient (Wildman–Crippen LogP) is 18.4. The van der Waals surface area contributed by atoms with Crippen molar-refractivity contribution in [1.29, 1.82) is 0 Å². The van der Waals surface area contributed by atoms with Crippen molar-refractivity contribution in [3.63, 3.8) is 0 Å². The van der Waals surface area contributed by atoms with Gasteiger partial charge in [0, 0.05) is 19.3 Å². The van der Waals surface area contributed by atoms with E-state index < -0.39 is 6.10 Å². The van der Waals surface area contributed by atoms with Crippen LogP contribution in [0.5, 0.6) is 0 Å². The van der Waals surface area contributed by atoms with Crippen molar-refractivity contribution in [1.82, 2.24) is 0 Å². The highest BCUT2D eigenvalue weighted by Gasteiger charge is 2.19. The van der Waals surface area contributed by atoms with Crippen LogP contribution in [0.1, 0.15) is 213 Å². The SMILES string of the molecule is CC/C=C\C/C=C\C/C=C\C/C=C\C/C=C\CCCC(=O)OCC(COC(=O)CCCCCCCCC/C=C\C/C=C\C/C=C\CC)OC(=O)CCCCCC/C=C\C/C=C\C/C=C\C/C=C\CC. The van der Waals surface area contributed by atoms with Gasteiger partial charge in [-0.05, 0) is 128 Å². The van der Waals surface area contributed by atoms with Gasteiger partial charge in [-0.25, -0.2) is 0 Å². The molecule has 0 aliphatic carbocycles. The molecule has 386 valence electrons. The summed E-state index contributed by atoms with van der Waals surface area (Å²) in [6.07, 6.45) is 79.8. The van der Waals surface area contributed by atoms with Gasteiger partial charge in [0.05, 0.1) is 0 Å². The van der Waals surface area contributed by atoms with Gasteiger partial charge in [-0.3, -0.25) is 14.4 Å². The second-order valence-corrected chi connectivity index (χ2v) is 17.3. The zero-order valence-electron chi connectivity index (χ0n) is 44.0. The summed E-state index contributed by atoms with van der Waals surface area (Å²) < 4.78 is 16.8. The fourth-order valence-electron chi connectivity index (χ4n) is 6.83. The van der Waals surface area contributed by atoms with Crippen LogP contribution in [0.25, 0.3) is 0 Å². The number of rotatable bonds is 47. The summed E-state index contributed by atoms with van der Waals surface area (Å²) in [5.74, 6) is -1.02. The first-order valence-corrected chi connectivity index (χ1v) is 27.3. The Morgan fingerprint density at radius 3 is 0.870 bits per heavy atom. The molecule has 69 heavy (non-hydrogen) atoms. The summed E-state index contributed by atoms with van der Waals surface area (Å²) >= 11 is 0. The first-order chi connectivity index (χ1) is 34.0. The van der Waals surface area contributed by atoms with Crippen molar-refractivity contribution in [2.24, 2.45) is 0 Å². The van der Waals surface area contributed by atoms with E-state index in [1.54, 1.807) is 0 Å². The van der Waals surface area contributed by atoms with Crippen molar-refractivity contribution in [3.8, 4) is 0 Å². The normalized spacial score (nSPS) is 13.3. The maximum absolute atomic E-state index is 12.8. The Kier molecular flexibility index (Phi) is 52.1. The van der Waals surface area contributed by atoms with Crippen molar-refractivity contribution in [2.45, 2.75) is 219 Å². The lowest BCUT2D eigenvalue weighted by Gasteiger charge is -2.18. The van der Waals surface area contributed by atoms with E-state index in [1.807, 2.05) is 0 Å². The predicted molar refractivity (Wildman–Crippen MR) is 297 cm³/mol. The van der Waals surface area contributed by atoms with E-state index in [0.717, 1.165) is 141 Å². The number of carbonyl (C=O) groups excluding carboxylic acids is 3. The second kappa shape index (κ2) is 55.9. The number of hydrogen-bond donors (Lipinski definition) is 0. The molecule has 0 aromatic heterocycles. The molecule has 0 saturated carbocycles. The Bertz CT molecular complexity index is 1560. The minimum atomic E-state index is -0.825. The summed E-state index contributed by atoms with van der Waals surface area (Å²) in [6.45, 7) is 6.21. The molecule has 0 aromatic rings. The molecule has 0 heterocycles. The number of unbranched alkanes of at least 4 members (excludes halogenated alkanes) is 12. The highest BCUT2D eigenvalue weighted by atomic mass is 16.6. The molecule has 1 atom stereocenters. The first kappa shape index (κ1) is 64.3. The van der Waals surface area contributed by atoms with E-state index in [-0.39, 0.29) is 44.0 Å². The maximum Gasteiger partial charge on any atom is 0.306 e. The minimum Gasteiger partial charge on any atom is -0.462 e. The third kappa shape index (κ3) is 54.1. The molecule has 0 aliphatic rings. The summed E-state index contributed by atoms with van der Waals surface area (Å²) in [4.78, 5) is 38.1. The van der Waals surface area contributed by atoms with Crippen LogP contribution >= 0.6 is 0 Å². The molecular formula is C63H98O6. The zero-order chi connectivity index (χ0) is 50.0. The summed E-state index contributed by atoms with van der Waals surface area (Å²) in [7, 11) is 0. The van der Waals surface area contributed by atoms with Crippen LogP contribution in [0.15, 0.2) is 146 Å². The van der Waals surface area contributed by atoms with Gasteiger partial charge < -0.3 is 14.2 Å². The summed E-state index contributed by atoms with van der Waals surface area (Å²) in [5, 5.41) is 0. The molecule has 0 N–H and O–H groups in total. The number of hydrogen-bond acceptors (Lipinski definition) is 6. The third-order valence-electron chi connectivity index (χ3n) is 10.8. The third-order valence-corrected chi connectivity index (χ3v) is 10.8. The van der Waals surface area contributed by atoms with Crippen LogP contribution in [0, 0.1) is 0 Å². The van der Waals surface area contributed by atoms with Gasteiger partial charge in [-0.1, -0.05) is 212 Å². The molecule has 0 rings (SSSR count). The van der Waals surface area contributed by atoms with E-state index in [2.05, 4.69) is 167 Å². The van der Waals surface area contributed by atoms with Gasteiger partial charge in [0.15, 0.2) is 6.10 Å².